The van der Waals surface area contributed by atoms with Crippen LogP contribution >= 0.6 is 0 Å². The smallest absolute Gasteiger partial charge is 0.260 e. The van der Waals surface area contributed by atoms with Crippen molar-refractivity contribution in [3.8, 4) is 17.2 Å². The molecular formula is C24H32N2O5. The summed E-state index contributed by atoms with van der Waals surface area (Å²) in [4.78, 5) is 26.0. The number of nitrogens with one attached hydrogen (secondary N) is 1. The van der Waals surface area contributed by atoms with E-state index in [0.717, 1.165) is 0 Å². The summed E-state index contributed by atoms with van der Waals surface area (Å²) in [6, 6.07) is 12.8. The van der Waals surface area contributed by atoms with Crippen LogP contribution in [0.3, 0.4) is 0 Å². The summed E-state index contributed by atoms with van der Waals surface area (Å²) < 4.78 is 16.6. The monoisotopic (exact) mass is 428 g/mol. The first-order valence-electron chi connectivity index (χ1n) is 10.5. The molecule has 0 saturated carbocycles. The van der Waals surface area contributed by atoms with Gasteiger partial charge in [0.05, 0.1) is 19.8 Å². The molecule has 0 heterocycles. The average Bonchev–Trinajstić information content (AvgIpc) is 2.74. The topological polar surface area (TPSA) is 77.1 Å². The molecule has 0 atom stereocenters. The van der Waals surface area contributed by atoms with Gasteiger partial charge in [-0.25, -0.2) is 0 Å². The van der Waals surface area contributed by atoms with Crippen molar-refractivity contribution >= 4 is 17.5 Å². The van der Waals surface area contributed by atoms with Crippen LogP contribution in [0.5, 0.6) is 17.2 Å². The van der Waals surface area contributed by atoms with Gasteiger partial charge >= 0.3 is 0 Å². The Kier molecular flexibility index (Phi) is 9.18. The van der Waals surface area contributed by atoms with Crippen LogP contribution in [0.25, 0.3) is 0 Å². The molecule has 2 rings (SSSR count). The minimum atomic E-state index is -0.316. The molecule has 0 aliphatic rings. The predicted octanol–water partition coefficient (Wildman–Crippen LogP) is 4.08. The Labute approximate surface area is 184 Å². The van der Waals surface area contributed by atoms with E-state index in [1.165, 1.54) is 10.5 Å². The molecule has 0 aliphatic heterocycles. The molecule has 0 saturated heterocycles. The van der Waals surface area contributed by atoms with Gasteiger partial charge in [-0.15, -0.1) is 0 Å². The first-order valence-corrected chi connectivity index (χ1v) is 10.5. The quantitative estimate of drug-likeness (QED) is 0.583. The van der Waals surface area contributed by atoms with E-state index in [1.54, 1.807) is 25.2 Å². The Hall–Kier alpha value is -3.22. The molecule has 0 aromatic heterocycles. The number of likely N-dealkylation sites (N-methyl/N-ethyl adjacent to an activating group) is 1. The van der Waals surface area contributed by atoms with Gasteiger partial charge in [0.1, 0.15) is 5.75 Å². The van der Waals surface area contributed by atoms with Crippen molar-refractivity contribution in [3.05, 3.63) is 48.0 Å². The zero-order valence-electron chi connectivity index (χ0n) is 18.9. The second-order valence-electron chi connectivity index (χ2n) is 7.34. The number of carbonyl (C=O) groups is 2. The number of amides is 2. The lowest BCUT2D eigenvalue weighted by atomic mass is 10.0. The van der Waals surface area contributed by atoms with Crippen LogP contribution in [-0.2, 0) is 9.59 Å². The fourth-order valence-corrected chi connectivity index (χ4v) is 2.84. The van der Waals surface area contributed by atoms with Gasteiger partial charge in [0.25, 0.3) is 5.91 Å². The summed E-state index contributed by atoms with van der Waals surface area (Å²) in [6.07, 6.45) is 0. The molecule has 0 radical (unpaired) electrons. The van der Waals surface area contributed by atoms with E-state index in [-0.39, 0.29) is 25.0 Å². The van der Waals surface area contributed by atoms with E-state index >= 15 is 0 Å². The third kappa shape index (κ3) is 7.51. The summed E-state index contributed by atoms with van der Waals surface area (Å²) in [5, 5.41) is 2.78. The summed E-state index contributed by atoms with van der Waals surface area (Å²) in [7, 11) is 1.57. The average molecular weight is 429 g/mol. The predicted molar refractivity (Wildman–Crippen MR) is 121 cm³/mol. The van der Waals surface area contributed by atoms with Crippen LogP contribution in [0, 0.1) is 0 Å². The van der Waals surface area contributed by atoms with Gasteiger partial charge in [0.2, 0.25) is 5.91 Å². The number of carbonyl (C=O) groups excluding carboxylic acids is 2. The summed E-state index contributed by atoms with van der Waals surface area (Å²) in [6.45, 7) is 8.77. The van der Waals surface area contributed by atoms with E-state index in [1.807, 2.05) is 38.1 Å². The highest BCUT2D eigenvalue weighted by atomic mass is 16.5. The van der Waals surface area contributed by atoms with Crippen LogP contribution in [0.4, 0.5) is 5.69 Å². The third-order valence-corrected chi connectivity index (χ3v) is 4.54. The molecule has 1 N–H and O–H groups in total. The highest BCUT2D eigenvalue weighted by Gasteiger charge is 2.15. The molecular weight excluding hydrogens is 396 g/mol. The number of benzene rings is 2. The molecule has 0 spiro atoms. The lowest BCUT2D eigenvalue weighted by Crippen LogP contribution is -2.37. The van der Waals surface area contributed by atoms with Crippen molar-refractivity contribution in [2.45, 2.75) is 33.6 Å². The molecule has 2 aromatic rings. The molecule has 0 unspecified atom stereocenters. The summed E-state index contributed by atoms with van der Waals surface area (Å²) in [5.74, 6) is 1.62. The van der Waals surface area contributed by atoms with E-state index in [4.69, 9.17) is 14.2 Å². The molecule has 168 valence electrons. The zero-order valence-corrected chi connectivity index (χ0v) is 18.9. The first-order chi connectivity index (χ1) is 14.8. The van der Waals surface area contributed by atoms with E-state index in [0.29, 0.717) is 42.1 Å². The van der Waals surface area contributed by atoms with Gasteiger partial charge < -0.3 is 24.4 Å². The standard InChI is InChI=1S/C24H32N2O5/c1-6-29-21-13-10-19(14-22(21)30-7-2)25-23(27)15-26(5)24(28)16-31-20-11-8-18(9-12-20)17(3)4/h8-14,17H,6-7,15-16H2,1-5H3,(H,25,27). The molecule has 0 fully saturated rings. The fourth-order valence-electron chi connectivity index (χ4n) is 2.84. The van der Waals surface area contributed by atoms with Gasteiger partial charge in [-0.05, 0) is 49.6 Å². The van der Waals surface area contributed by atoms with Crippen molar-refractivity contribution < 1.29 is 23.8 Å². The highest BCUT2D eigenvalue weighted by Crippen LogP contribution is 2.30. The summed E-state index contributed by atoms with van der Waals surface area (Å²) in [5.41, 5.74) is 1.77. The van der Waals surface area contributed by atoms with Crippen LogP contribution in [-0.4, -0.2) is 50.1 Å². The Balaban J connectivity index is 1.86. The normalized spacial score (nSPS) is 10.5. The summed E-state index contributed by atoms with van der Waals surface area (Å²) >= 11 is 0. The van der Waals surface area contributed by atoms with E-state index in [9.17, 15) is 9.59 Å². The maximum Gasteiger partial charge on any atom is 0.260 e. The van der Waals surface area contributed by atoms with E-state index < -0.39 is 0 Å². The number of ether oxygens (including phenoxy) is 3. The lowest BCUT2D eigenvalue weighted by Gasteiger charge is -2.18. The molecule has 2 amide bonds. The Bertz CT molecular complexity index is 865. The van der Waals surface area contributed by atoms with Gasteiger partial charge in [0.15, 0.2) is 18.1 Å². The molecule has 7 nitrogen and oxygen atoms in total. The first kappa shape index (κ1) is 24.1. The minimum Gasteiger partial charge on any atom is -0.490 e. The maximum absolute atomic E-state index is 12.4. The largest absolute Gasteiger partial charge is 0.490 e. The maximum atomic E-state index is 12.4. The van der Waals surface area contributed by atoms with Crippen LogP contribution in [0.1, 0.15) is 39.2 Å². The van der Waals surface area contributed by atoms with E-state index in [2.05, 4.69) is 19.2 Å². The van der Waals surface area contributed by atoms with Crippen molar-refractivity contribution in [2.24, 2.45) is 0 Å². The van der Waals surface area contributed by atoms with Crippen molar-refractivity contribution in [2.75, 3.05) is 38.7 Å². The number of anilines is 1. The van der Waals surface area contributed by atoms with Crippen LogP contribution in [0.15, 0.2) is 42.5 Å². The second-order valence-corrected chi connectivity index (χ2v) is 7.34. The van der Waals surface area contributed by atoms with Crippen molar-refractivity contribution in [3.63, 3.8) is 0 Å². The van der Waals surface area contributed by atoms with Gasteiger partial charge in [-0.1, -0.05) is 26.0 Å². The van der Waals surface area contributed by atoms with Crippen LogP contribution in [0.2, 0.25) is 0 Å². The molecule has 0 aliphatic carbocycles. The number of hydrogen-bond acceptors (Lipinski definition) is 5. The number of rotatable bonds is 11. The van der Waals surface area contributed by atoms with Gasteiger partial charge in [-0.2, -0.15) is 0 Å². The van der Waals surface area contributed by atoms with Gasteiger partial charge in [0, 0.05) is 18.8 Å². The molecule has 0 bridgehead atoms. The minimum absolute atomic E-state index is 0.0916. The number of nitrogens with zero attached hydrogens (tertiary/aromatic N) is 1. The second kappa shape index (κ2) is 11.8. The molecule has 7 heteroatoms. The highest BCUT2D eigenvalue weighted by molar-refractivity contribution is 5.94. The molecule has 31 heavy (non-hydrogen) atoms. The Morgan fingerprint density at radius 1 is 0.935 bits per heavy atom. The number of hydrogen-bond donors (Lipinski definition) is 1. The lowest BCUT2D eigenvalue weighted by molar-refractivity contribution is -0.135. The van der Waals surface area contributed by atoms with Crippen molar-refractivity contribution in [1.29, 1.82) is 0 Å². The Morgan fingerprint density at radius 3 is 2.19 bits per heavy atom. The Morgan fingerprint density at radius 2 is 1.58 bits per heavy atom. The SMILES string of the molecule is CCOc1ccc(NC(=O)CN(C)C(=O)COc2ccc(C(C)C)cc2)cc1OCC. The fraction of sp³-hybridized carbons (Fsp3) is 0.417. The zero-order chi connectivity index (χ0) is 22.8. The van der Waals surface area contributed by atoms with Crippen molar-refractivity contribution in [1.82, 2.24) is 4.90 Å². The van der Waals surface area contributed by atoms with Crippen LogP contribution < -0.4 is 19.5 Å². The van der Waals surface area contributed by atoms with Gasteiger partial charge in [-0.3, -0.25) is 9.59 Å². The third-order valence-electron chi connectivity index (χ3n) is 4.54. The molecule has 2 aromatic carbocycles.